The standard InChI is InChI=1S/C16H27NO3/c1-5-9-17-12-13-6-7-14(15(11-13)19-4)20-10-8-16(2,3)18/h6-7,11,17-18H,5,8-10,12H2,1-4H3. The maximum absolute atomic E-state index is 9.67. The summed E-state index contributed by atoms with van der Waals surface area (Å²) < 4.78 is 11.0. The second kappa shape index (κ2) is 8.12. The summed E-state index contributed by atoms with van der Waals surface area (Å²) in [5, 5.41) is 13.0. The molecule has 4 nitrogen and oxygen atoms in total. The van der Waals surface area contributed by atoms with Crippen LogP contribution in [0.2, 0.25) is 0 Å². The molecule has 0 atom stereocenters. The second-order valence-corrected chi connectivity index (χ2v) is 5.57. The van der Waals surface area contributed by atoms with Crippen molar-refractivity contribution in [2.45, 2.75) is 45.8 Å². The first kappa shape index (κ1) is 16.8. The molecule has 0 heterocycles. The van der Waals surface area contributed by atoms with Gasteiger partial charge in [-0.3, -0.25) is 0 Å². The van der Waals surface area contributed by atoms with Crippen LogP contribution in [-0.4, -0.2) is 31.0 Å². The quantitative estimate of drug-likeness (QED) is 0.683. The van der Waals surface area contributed by atoms with E-state index < -0.39 is 5.60 Å². The fourth-order valence-corrected chi connectivity index (χ4v) is 1.76. The van der Waals surface area contributed by atoms with Gasteiger partial charge in [-0.25, -0.2) is 0 Å². The summed E-state index contributed by atoms with van der Waals surface area (Å²) in [6, 6.07) is 5.94. The minimum Gasteiger partial charge on any atom is -0.493 e. The molecule has 0 aromatic heterocycles. The molecule has 0 saturated carbocycles. The van der Waals surface area contributed by atoms with E-state index in [1.54, 1.807) is 21.0 Å². The van der Waals surface area contributed by atoms with E-state index in [-0.39, 0.29) is 0 Å². The van der Waals surface area contributed by atoms with Crippen molar-refractivity contribution in [3.63, 3.8) is 0 Å². The van der Waals surface area contributed by atoms with Gasteiger partial charge in [0.05, 0.1) is 19.3 Å². The van der Waals surface area contributed by atoms with Gasteiger partial charge in [0.15, 0.2) is 11.5 Å². The number of nitrogens with one attached hydrogen (secondary N) is 1. The van der Waals surface area contributed by atoms with Crippen LogP contribution in [0.25, 0.3) is 0 Å². The van der Waals surface area contributed by atoms with E-state index in [0.29, 0.717) is 13.0 Å². The lowest BCUT2D eigenvalue weighted by molar-refractivity contribution is 0.0549. The van der Waals surface area contributed by atoms with Gasteiger partial charge in [-0.2, -0.15) is 0 Å². The molecule has 0 unspecified atom stereocenters. The first-order valence-corrected chi connectivity index (χ1v) is 7.19. The van der Waals surface area contributed by atoms with Crippen LogP contribution in [0, 0.1) is 0 Å². The van der Waals surface area contributed by atoms with Crippen molar-refractivity contribution in [2.24, 2.45) is 0 Å². The van der Waals surface area contributed by atoms with E-state index in [9.17, 15) is 5.11 Å². The third-order valence-electron chi connectivity index (χ3n) is 2.96. The maximum atomic E-state index is 9.67. The molecule has 20 heavy (non-hydrogen) atoms. The van der Waals surface area contributed by atoms with Crippen molar-refractivity contribution in [3.8, 4) is 11.5 Å². The molecule has 2 N–H and O–H groups in total. The number of rotatable bonds is 9. The highest BCUT2D eigenvalue weighted by Gasteiger charge is 2.13. The van der Waals surface area contributed by atoms with Crippen LogP contribution >= 0.6 is 0 Å². The lowest BCUT2D eigenvalue weighted by Crippen LogP contribution is -2.21. The predicted molar refractivity (Wildman–Crippen MR) is 81.4 cm³/mol. The molecule has 0 radical (unpaired) electrons. The summed E-state index contributed by atoms with van der Waals surface area (Å²) in [5.41, 5.74) is 0.460. The van der Waals surface area contributed by atoms with Crippen LogP contribution in [0.5, 0.6) is 11.5 Å². The van der Waals surface area contributed by atoms with Crippen molar-refractivity contribution < 1.29 is 14.6 Å². The summed E-state index contributed by atoms with van der Waals surface area (Å²) in [4.78, 5) is 0. The van der Waals surface area contributed by atoms with Crippen molar-refractivity contribution in [2.75, 3.05) is 20.3 Å². The Bertz CT molecular complexity index is 399. The zero-order valence-electron chi connectivity index (χ0n) is 13.0. The maximum Gasteiger partial charge on any atom is 0.161 e. The molecule has 0 amide bonds. The molecule has 1 aromatic rings. The van der Waals surface area contributed by atoms with E-state index in [0.717, 1.165) is 31.0 Å². The van der Waals surface area contributed by atoms with E-state index >= 15 is 0 Å². The van der Waals surface area contributed by atoms with Gasteiger partial charge >= 0.3 is 0 Å². The Kier molecular flexibility index (Phi) is 6.82. The summed E-state index contributed by atoms with van der Waals surface area (Å²) >= 11 is 0. The predicted octanol–water partition coefficient (Wildman–Crippen LogP) is 2.73. The Morgan fingerprint density at radius 1 is 1.25 bits per heavy atom. The van der Waals surface area contributed by atoms with E-state index in [1.165, 1.54) is 5.56 Å². The Hall–Kier alpha value is -1.26. The Balaban J connectivity index is 2.58. The van der Waals surface area contributed by atoms with E-state index in [2.05, 4.69) is 12.2 Å². The van der Waals surface area contributed by atoms with Gasteiger partial charge in [-0.1, -0.05) is 13.0 Å². The molecule has 1 aromatic carbocycles. The molecule has 114 valence electrons. The highest BCUT2D eigenvalue weighted by molar-refractivity contribution is 5.42. The van der Waals surface area contributed by atoms with Crippen LogP contribution in [0.4, 0.5) is 0 Å². The largest absolute Gasteiger partial charge is 0.493 e. The zero-order chi connectivity index (χ0) is 15.0. The highest BCUT2D eigenvalue weighted by Crippen LogP contribution is 2.28. The van der Waals surface area contributed by atoms with Gasteiger partial charge in [-0.15, -0.1) is 0 Å². The summed E-state index contributed by atoms with van der Waals surface area (Å²) in [7, 11) is 1.64. The number of aliphatic hydroxyl groups is 1. The molecule has 4 heteroatoms. The monoisotopic (exact) mass is 281 g/mol. The average molecular weight is 281 g/mol. The van der Waals surface area contributed by atoms with Crippen LogP contribution < -0.4 is 14.8 Å². The highest BCUT2D eigenvalue weighted by atomic mass is 16.5. The fourth-order valence-electron chi connectivity index (χ4n) is 1.76. The van der Waals surface area contributed by atoms with Gasteiger partial charge in [0, 0.05) is 13.0 Å². The fraction of sp³-hybridized carbons (Fsp3) is 0.625. The third kappa shape index (κ3) is 6.26. The minimum atomic E-state index is -0.711. The topological polar surface area (TPSA) is 50.7 Å². The molecule has 1 rings (SSSR count). The van der Waals surface area contributed by atoms with Gasteiger partial charge in [0.1, 0.15) is 0 Å². The lowest BCUT2D eigenvalue weighted by Gasteiger charge is -2.18. The second-order valence-electron chi connectivity index (χ2n) is 5.57. The first-order chi connectivity index (χ1) is 9.46. The first-order valence-electron chi connectivity index (χ1n) is 7.19. The van der Waals surface area contributed by atoms with E-state index in [4.69, 9.17) is 9.47 Å². The lowest BCUT2D eigenvalue weighted by atomic mass is 10.1. The molecule has 0 fully saturated rings. The summed E-state index contributed by atoms with van der Waals surface area (Å²) in [6.45, 7) is 7.99. The third-order valence-corrected chi connectivity index (χ3v) is 2.96. The number of methoxy groups -OCH3 is 1. The number of ether oxygens (including phenoxy) is 2. The molecule has 0 aliphatic rings. The van der Waals surface area contributed by atoms with Crippen molar-refractivity contribution >= 4 is 0 Å². The Morgan fingerprint density at radius 2 is 2.00 bits per heavy atom. The molecule has 0 bridgehead atoms. The number of hydrogen-bond acceptors (Lipinski definition) is 4. The molecule has 0 saturated heterocycles. The average Bonchev–Trinajstić information content (AvgIpc) is 2.39. The van der Waals surface area contributed by atoms with E-state index in [1.807, 2.05) is 18.2 Å². The van der Waals surface area contributed by atoms with Crippen LogP contribution in [0.3, 0.4) is 0 Å². The summed E-state index contributed by atoms with van der Waals surface area (Å²) in [5.74, 6) is 1.45. The molecule has 0 spiro atoms. The SMILES string of the molecule is CCCNCc1ccc(OCCC(C)(C)O)c(OC)c1. The number of hydrogen-bond donors (Lipinski definition) is 2. The zero-order valence-corrected chi connectivity index (χ0v) is 13.0. The smallest absolute Gasteiger partial charge is 0.161 e. The van der Waals surface area contributed by atoms with Gasteiger partial charge < -0.3 is 19.9 Å². The minimum absolute atomic E-state index is 0.466. The van der Waals surface area contributed by atoms with Gasteiger partial charge in [0.2, 0.25) is 0 Å². The van der Waals surface area contributed by atoms with Crippen molar-refractivity contribution in [1.29, 1.82) is 0 Å². The Labute approximate surface area is 122 Å². The van der Waals surface area contributed by atoms with Crippen molar-refractivity contribution in [3.05, 3.63) is 23.8 Å². The van der Waals surface area contributed by atoms with Crippen LogP contribution in [-0.2, 0) is 6.54 Å². The normalized spacial score (nSPS) is 11.4. The Morgan fingerprint density at radius 3 is 2.60 bits per heavy atom. The van der Waals surface area contributed by atoms with Crippen molar-refractivity contribution in [1.82, 2.24) is 5.32 Å². The van der Waals surface area contributed by atoms with Gasteiger partial charge in [-0.05, 0) is 44.5 Å². The summed E-state index contributed by atoms with van der Waals surface area (Å²) in [6.07, 6.45) is 1.70. The molecule has 0 aliphatic carbocycles. The van der Waals surface area contributed by atoms with Crippen LogP contribution in [0.1, 0.15) is 39.2 Å². The van der Waals surface area contributed by atoms with Gasteiger partial charge in [0.25, 0.3) is 0 Å². The molecular weight excluding hydrogens is 254 g/mol. The van der Waals surface area contributed by atoms with Crippen LogP contribution in [0.15, 0.2) is 18.2 Å². The molecular formula is C16H27NO3. The molecule has 0 aliphatic heterocycles. The number of benzene rings is 1.